The lowest BCUT2D eigenvalue weighted by Gasteiger charge is -2.40. The molecule has 3 atom stereocenters. The minimum atomic E-state index is 0.0910. The summed E-state index contributed by atoms with van der Waals surface area (Å²) in [4.78, 5) is 0.361. The minimum absolute atomic E-state index is 0.0910. The van der Waals surface area contributed by atoms with Crippen LogP contribution in [0.4, 0.5) is 0 Å². The van der Waals surface area contributed by atoms with Crippen LogP contribution in [0.5, 0.6) is 5.75 Å². The molecule has 1 aliphatic rings. The maximum Gasteiger partial charge on any atom is 0.127 e. The van der Waals surface area contributed by atoms with Gasteiger partial charge < -0.3 is 18.9 Å². The van der Waals surface area contributed by atoms with Gasteiger partial charge in [0, 0.05) is 25.5 Å². The van der Waals surface area contributed by atoms with Crippen LogP contribution >= 0.6 is 15.9 Å². The number of hydrogen-bond acceptors (Lipinski definition) is 4. The van der Waals surface area contributed by atoms with E-state index < -0.39 is 0 Å². The van der Waals surface area contributed by atoms with Crippen LogP contribution in [0.3, 0.4) is 0 Å². The molecule has 21 heavy (non-hydrogen) atoms. The molecule has 5 heteroatoms. The van der Waals surface area contributed by atoms with Crippen molar-refractivity contribution in [2.45, 2.75) is 29.9 Å². The quantitative estimate of drug-likeness (QED) is 0.502. The Balaban J connectivity index is 1.80. The summed E-state index contributed by atoms with van der Waals surface area (Å²) < 4.78 is 21.9. The van der Waals surface area contributed by atoms with Gasteiger partial charge in [0.25, 0.3) is 0 Å². The molecular formula is C16H23BrO4. The highest BCUT2D eigenvalue weighted by atomic mass is 79.9. The zero-order valence-corrected chi connectivity index (χ0v) is 14.2. The summed E-state index contributed by atoms with van der Waals surface area (Å²) in [6.07, 6.45) is 2.08. The first kappa shape index (κ1) is 16.7. The predicted octanol–water partition coefficient (Wildman–Crippen LogP) is 2.82. The number of ether oxygens (including phenoxy) is 4. The second-order valence-electron chi connectivity index (χ2n) is 5.12. The second-order valence-corrected chi connectivity index (χ2v) is 6.30. The Kier molecular flexibility index (Phi) is 6.96. The molecule has 0 bridgehead atoms. The monoisotopic (exact) mass is 358 g/mol. The molecule has 0 saturated heterocycles. The van der Waals surface area contributed by atoms with E-state index in [9.17, 15) is 0 Å². The Morgan fingerprint density at radius 2 is 1.76 bits per heavy atom. The third-order valence-electron chi connectivity index (χ3n) is 3.58. The Morgan fingerprint density at radius 3 is 2.38 bits per heavy atom. The number of hydrogen-bond donors (Lipinski definition) is 0. The zero-order chi connectivity index (χ0) is 15.1. The fourth-order valence-electron chi connectivity index (χ4n) is 2.25. The average molecular weight is 359 g/mol. The van der Waals surface area contributed by atoms with Crippen LogP contribution in [0.25, 0.3) is 0 Å². The molecular weight excluding hydrogens is 336 g/mol. The van der Waals surface area contributed by atoms with Crippen LogP contribution in [0.15, 0.2) is 24.3 Å². The van der Waals surface area contributed by atoms with E-state index in [1.807, 2.05) is 12.1 Å². The molecule has 3 unspecified atom stereocenters. The number of rotatable bonds is 9. The van der Waals surface area contributed by atoms with Gasteiger partial charge in [-0.05, 0) is 24.1 Å². The van der Waals surface area contributed by atoms with Crippen molar-refractivity contribution in [1.82, 2.24) is 0 Å². The minimum Gasteiger partial charge on any atom is -0.488 e. The molecule has 4 nitrogen and oxygen atoms in total. The standard InChI is InChI=1S/C16H23BrO4/c1-18-8-7-12-3-5-13(6-4-12)21-15-11-14(17)16(15)20-10-9-19-2/h3-6,14-16H,7-11H2,1-2H3. The van der Waals surface area contributed by atoms with Gasteiger partial charge in [-0.2, -0.15) is 0 Å². The molecule has 1 saturated carbocycles. The van der Waals surface area contributed by atoms with Crippen molar-refractivity contribution in [3.8, 4) is 5.75 Å². The molecule has 0 aromatic heterocycles. The molecule has 0 N–H and O–H groups in total. The average Bonchev–Trinajstić information content (AvgIpc) is 2.50. The lowest BCUT2D eigenvalue weighted by atomic mass is 9.91. The van der Waals surface area contributed by atoms with Gasteiger partial charge >= 0.3 is 0 Å². The largest absolute Gasteiger partial charge is 0.488 e. The van der Waals surface area contributed by atoms with E-state index in [-0.39, 0.29) is 12.2 Å². The van der Waals surface area contributed by atoms with Crippen LogP contribution in [0.2, 0.25) is 0 Å². The lowest BCUT2D eigenvalue weighted by Crippen LogP contribution is -2.52. The van der Waals surface area contributed by atoms with Crippen molar-refractivity contribution in [2.75, 3.05) is 34.0 Å². The van der Waals surface area contributed by atoms with Gasteiger partial charge in [0.2, 0.25) is 0 Å². The number of halogens is 1. The van der Waals surface area contributed by atoms with Gasteiger partial charge in [-0.1, -0.05) is 28.1 Å². The molecule has 1 aromatic rings. The molecule has 1 fully saturated rings. The summed E-state index contributed by atoms with van der Waals surface area (Å²) in [6.45, 7) is 1.94. The third-order valence-corrected chi connectivity index (χ3v) is 4.48. The van der Waals surface area contributed by atoms with E-state index in [0.29, 0.717) is 18.0 Å². The van der Waals surface area contributed by atoms with Gasteiger partial charge in [-0.15, -0.1) is 0 Å². The second kappa shape index (κ2) is 8.73. The SMILES string of the molecule is COCCOC1C(Br)CC1Oc1ccc(CCOC)cc1. The lowest BCUT2D eigenvalue weighted by molar-refractivity contribution is -0.0865. The van der Waals surface area contributed by atoms with E-state index in [4.69, 9.17) is 18.9 Å². The summed E-state index contributed by atoms with van der Waals surface area (Å²) in [5.41, 5.74) is 1.25. The summed E-state index contributed by atoms with van der Waals surface area (Å²) >= 11 is 3.61. The first-order valence-corrected chi connectivity index (χ1v) is 8.15. The maximum atomic E-state index is 6.00. The predicted molar refractivity (Wildman–Crippen MR) is 85.4 cm³/mol. The molecule has 0 spiro atoms. The van der Waals surface area contributed by atoms with E-state index in [0.717, 1.165) is 25.2 Å². The summed E-state index contributed by atoms with van der Waals surface area (Å²) in [5, 5.41) is 0. The fraction of sp³-hybridized carbons (Fsp3) is 0.625. The molecule has 0 radical (unpaired) electrons. The van der Waals surface area contributed by atoms with Gasteiger partial charge in [-0.3, -0.25) is 0 Å². The van der Waals surface area contributed by atoms with Crippen LogP contribution in [-0.4, -0.2) is 51.1 Å². The topological polar surface area (TPSA) is 36.9 Å². The van der Waals surface area contributed by atoms with Crippen molar-refractivity contribution in [2.24, 2.45) is 0 Å². The first-order valence-electron chi connectivity index (χ1n) is 7.23. The van der Waals surface area contributed by atoms with E-state index >= 15 is 0 Å². The highest BCUT2D eigenvalue weighted by Gasteiger charge is 2.42. The van der Waals surface area contributed by atoms with Crippen LogP contribution in [0, 0.1) is 0 Å². The molecule has 0 aliphatic heterocycles. The Bertz CT molecular complexity index is 409. The Labute approximate surface area is 134 Å². The van der Waals surface area contributed by atoms with Gasteiger partial charge in [-0.25, -0.2) is 0 Å². The van der Waals surface area contributed by atoms with E-state index in [2.05, 4.69) is 28.1 Å². The molecule has 0 amide bonds. The van der Waals surface area contributed by atoms with Crippen LogP contribution < -0.4 is 4.74 Å². The van der Waals surface area contributed by atoms with E-state index in [1.54, 1.807) is 14.2 Å². The smallest absolute Gasteiger partial charge is 0.127 e. The number of methoxy groups -OCH3 is 2. The summed E-state index contributed by atoms with van der Waals surface area (Å²) in [6, 6.07) is 8.19. The zero-order valence-electron chi connectivity index (χ0n) is 12.6. The van der Waals surface area contributed by atoms with Crippen molar-refractivity contribution in [1.29, 1.82) is 0 Å². The van der Waals surface area contributed by atoms with Crippen molar-refractivity contribution in [3.63, 3.8) is 0 Å². The van der Waals surface area contributed by atoms with Gasteiger partial charge in [0.05, 0.1) is 19.8 Å². The van der Waals surface area contributed by atoms with Crippen molar-refractivity contribution >= 4 is 15.9 Å². The molecule has 1 aliphatic carbocycles. The fourth-order valence-corrected chi connectivity index (χ4v) is 3.11. The Morgan fingerprint density at radius 1 is 1.05 bits per heavy atom. The van der Waals surface area contributed by atoms with Crippen molar-refractivity contribution in [3.05, 3.63) is 29.8 Å². The maximum absolute atomic E-state index is 6.00. The molecule has 118 valence electrons. The highest BCUT2D eigenvalue weighted by Crippen LogP contribution is 2.34. The van der Waals surface area contributed by atoms with Crippen molar-refractivity contribution < 1.29 is 18.9 Å². The molecule has 0 heterocycles. The van der Waals surface area contributed by atoms with Crippen LogP contribution in [0.1, 0.15) is 12.0 Å². The first-order chi connectivity index (χ1) is 10.2. The summed E-state index contributed by atoms with van der Waals surface area (Å²) in [5.74, 6) is 0.890. The Hall–Kier alpha value is -0.620. The van der Waals surface area contributed by atoms with E-state index in [1.165, 1.54) is 5.56 Å². The normalized spacial score (nSPS) is 24.6. The summed E-state index contributed by atoms with van der Waals surface area (Å²) in [7, 11) is 3.39. The molecule has 1 aromatic carbocycles. The molecule has 2 rings (SSSR count). The number of benzene rings is 1. The van der Waals surface area contributed by atoms with Gasteiger partial charge in [0.15, 0.2) is 0 Å². The van der Waals surface area contributed by atoms with Gasteiger partial charge in [0.1, 0.15) is 18.0 Å². The van der Waals surface area contributed by atoms with Crippen LogP contribution in [-0.2, 0) is 20.6 Å². The third kappa shape index (κ3) is 4.95. The highest BCUT2D eigenvalue weighted by molar-refractivity contribution is 9.09. The number of alkyl halides is 1.